The molecular formula is C13H23N3O2. The Kier molecular flexibility index (Phi) is 5.50. The van der Waals surface area contributed by atoms with Crippen LogP contribution >= 0.6 is 0 Å². The Morgan fingerprint density at radius 1 is 1.44 bits per heavy atom. The summed E-state index contributed by atoms with van der Waals surface area (Å²) in [6.07, 6.45) is 0.954. The molecule has 5 heteroatoms. The van der Waals surface area contributed by atoms with Crippen LogP contribution in [-0.4, -0.2) is 22.1 Å². The van der Waals surface area contributed by atoms with E-state index >= 15 is 0 Å². The summed E-state index contributed by atoms with van der Waals surface area (Å²) in [5.41, 5.74) is 0.609. The van der Waals surface area contributed by atoms with Gasteiger partial charge >= 0.3 is 0 Å². The molecule has 0 saturated heterocycles. The van der Waals surface area contributed by atoms with Gasteiger partial charge in [-0.05, 0) is 27.2 Å². The normalized spacial score (nSPS) is 11.8. The lowest BCUT2D eigenvalue weighted by atomic mass is 10.1. The summed E-state index contributed by atoms with van der Waals surface area (Å²) < 4.78 is 5.37. The van der Waals surface area contributed by atoms with Crippen LogP contribution < -0.4 is 10.9 Å². The number of aromatic nitrogens is 2. The number of nitrogens with one attached hydrogen (secondary N) is 2. The lowest BCUT2D eigenvalue weighted by Gasteiger charge is -2.20. The highest BCUT2D eigenvalue weighted by Gasteiger charge is 2.09. The molecule has 0 atom stereocenters. The second kappa shape index (κ2) is 6.66. The molecule has 0 unspecified atom stereocenters. The highest BCUT2D eigenvalue weighted by molar-refractivity contribution is 5.02. The first-order valence-electron chi connectivity index (χ1n) is 6.32. The van der Waals surface area contributed by atoms with Gasteiger partial charge in [0.1, 0.15) is 12.4 Å². The fourth-order valence-electron chi connectivity index (χ4n) is 1.39. The van der Waals surface area contributed by atoms with E-state index in [9.17, 15) is 4.79 Å². The van der Waals surface area contributed by atoms with E-state index in [-0.39, 0.29) is 11.1 Å². The summed E-state index contributed by atoms with van der Waals surface area (Å²) >= 11 is 0. The van der Waals surface area contributed by atoms with Crippen molar-refractivity contribution in [3.05, 3.63) is 27.9 Å². The highest BCUT2D eigenvalue weighted by atomic mass is 16.5. The molecule has 0 aliphatic heterocycles. The fraction of sp³-hybridized carbons (Fsp3) is 0.692. The molecule has 0 aromatic carbocycles. The Morgan fingerprint density at radius 2 is 2.17 bits per heavy atom. The number of hydrogen-bond donors (Lipinski definition) is 2. The van der Waals surface area contributed by atoms with Crippen LogP contribution in [0, 0.1) is 0 Å². The molecule has 0 saturated carbocycles. The van der Waals surface area contributed by atoms with Gasteiger partial charge in [0.05, 0.1) is 5.69 Å². The molecule has 18 heavy (non-hydrogen) atoms. The second-order valence-electron chi connectivity index (χ2n) is 5.34. The maximum Gasteiger partial charge on any atom is 0.251 e. The Hall–Kier alpha value is -1.20. The average molecular weight is 253 g/mol. The number of rotatable bonds is 6. The predicted molar refractivity (Wildman–Crippen MR) is 71.4 cm³/mol. The molecule has 1 aromatic rings. The molecule has 0 amide bonds. The predicted octanol–water partition coefficient (Wildman–Crippen LogP) is 1.58. The van der Waals surface area contributed by atoms with E-state index < -0.39 is 0 Å². The van der Waals surface area contributed by atoms with E-state index in [1.165, 1.54) is 6.07 Å². The van der Waals surface area contributed by atoms with Crippen molar-refractivity contribution in [2.24, 2.45) is 0 Å². The fourth-order valence-corrected chi connectivity index (χ4v) is 1.39. The van der Waals surface area contributed by atoms with Gasteiger partial charge in [-0.25, -0.2) is 4.98 Å². The standard InChI is InChI=1S/C13H23N3O2/c1-5-6-18-9-11-15-10(7-12(17)16-11)8-14-13(2,3)4/h7,14H,5-6,8-9H2,1-4H3,(H,15,16,17). The number of nitrogens with zero attached hydrogens (tertiary/aromatic N) is 1. The quantitative estimate of drug-likeness (QED) is 0.755. The third-order valence-corrected chi connectivity index (χ3v) is 2.23. The summed E-state index contributed by atoms with van der Waals surface area (Å²) in [5.74, 6) is 0.585. The zero-order valence-corrected chi connectivity index (χ0v) is 11.7. The zero-order chi connectivity index (χ0) is 13.6. The van der Waals surface area contributed by atoms with Gasteiger partial charge in [0.2, 0.25) is 0 Å². The first-order valence-corrected chi connectivity index (χ1v) is 6.32. The third-order valence-electron chi connectivity index (χ3n) is 2.23. The second-order valence-corrected chi connectivity index (χ2v) is 5.34. The molecule has 5 nitrogen and oxygen atoms in total. The van der Waals surface area contributed by atoms with Gasteiger partial charge in [0.15, 0.2) is 0 Å². The highest BCUT2D eigenvalue weighted by Crippen LogP contribution is 2.01. The molecule has 0 bridgehead atoms. The smallest absolute Gasteiger partial charge is 0.251 e. The average Bonchev–Trinajstić information content (AvgIpc) is 2.25. The number of H-pyrrole nitrogens is 1. The van der Waals surface area contributed by atoms with Crippen molar-refractivity contribution in [1.82, 2.24) is 15.3 Å². The van der Waals surface area contributed by atoms with Gasteiger partial charge < -0.3 is 15.0 Å². The van der Waals surface area contributed by atoms with Crippen molar-refractivity contribution < 1.29 is 4.74 Å². The van der Waals surface area contributed by atoms with E-state index in [4.69, 9.17) is 4.74 Å². The largest absolute Gasteiger partial charge is 0.374 e. The van der Waals surface area contributed by atoms with Crippen LogP contribution in [0.4, 0.5) is 0 Å². The minimum Gasteiger partial charge on any atom is -0.374 e. The van der Waals surface area contributed by atoms with Gasteiger partial charge in [-0.3, -0.25) is 4.79 Å². The van der Waals surface area contributed by atoms with Crippen LogP contribution in [0.25, 0.3) is 0 Å². The SMILES string of the molecule is CCCOCc1nc(CNC(C)(C)C)cc(=O)[nH]1. The molecule has 0 radical (unpaired) electrons. The lowest BCUT2D eigenvalue weighted by molar-refractivity contribution is 0.115. The molecule has 0 spiro atoms. The van der Waals surface area contributed by atoms with Crippen LogP contribution in [0.15, 0.2) is 10.9 Å². The summed E-state index contributed by atoms with van der Waals surface area (Å²) in [6, 6.07) is 1.52. The van der Waals surface area contributed by atoms with Crippen LogP contribution in [-0.2, 0) is 17.9 Å². The van der Waals surface area contributed by atoms with Crippen molar-refractivity contribution >= 4 is 0 Å². The molecule has 0 aliphatic carbocycles. The monoisotopic (exact) mass is 253 g/mol. The van der Waals surface area contributed by atoms with Crippen LogP contribution in [0.1, 0.15) is 45.6 Å². The van der Waals surface area contributed by atoms with Crippen molar-refractivity contribution in [1.29, 1.82) is 0 Å². The molecule has 102 valence electrons. The van der Waals surface area contributed by atoms with Gasteiger partial charge in [0.25, 0.3) is 5.56 Å². The van der Waals surface area contributed by atoms with E-state index in [1.54, 1.807) is 0 Å². The van der Waals surface area contributed by atoms with Crippen LogP contribution in [0.5, 0.6) is 0 Å². The molecule has 2 N–H and O–H groups in total. The number of ether oxygens (including phenoxy) is 1. The maximum atomic E-state index is 11.5. The van der Waals surface area contributed by atoms with Gasteiger partial charge in [0, 0.05) is 24.8 Å². The Bertz CT molecular complexity index is 421. The molecular weight excluding hydrogens is 230 g/mol. The first-order chi connectivity index (χ1) is 8.40. The zero-order valence-electron chi connectivity index (χ0n) is 11.7. The third kappa shape index (κ3) is 5.93. The van der Waals surface area contributed by atoms with Gasteiger partial charge in [-0.15, -0.1) is 0 Å². The van der Waals surface area contributed by atoms with Crippen LogP contribution in [0.3, 0.4) is 0 Å². The van der Waals surface area contributed by atoms with Crippen molar-refractivity contribution in [3.8, 4) is 0 Å². The van der Waals surface area contributed by atoms with Gasteiger partial charge in [-0.1, -0.05) is 6.92 Å². The molecule has 1 heterocycles. The van der Waals surface area contributed by atoms with E-state index in [1.807, 2.05) is 6.92 Å². The first kappa shape index (κ1) is 14.9. The number of aromatic amines is 1. The summed E-state index contributed by atoms with van der Waals surface area (Å²) in [6.45, 7) is 9.87. The molecule has 0 aliphatic rings. The van der Waals surface area contributed by atoms with E-state index in [2.05, 4.69) is 36.1 Å². The van der Waals surface area contributed by atoms with Crippen molar-refractivity contribution in [3.63, 3.8) is 0 Å². The minimum absolute atomic E-state index is 0.00313. The molecule has 1 aromatic heterocycles. The van der Waals surface area contributed by atoms with Crippen molar-refractivity contribution in [2.75, 3.05) is 6.61 Å². The Morgan fingerprint density at radius 3 is 2.78 bits per heavy atom. The molecule has 1 rings (SSSR count). The van der Waals surface area contributed by atoms with E-state index in [0.717, 1.165) is 12.1 Å². The summed E-state index contributed by atoms with van der Waals surface area (Å²) in [7, 11) is 0. The maximum absolute atomic E-state index is 11.5. The van der Waals surface area contributed by atoms with Crippen LogP contribution in [0.2, 0.25) is 0 Å². The summed E-state index contributed by atoms with van der Waals surface area (Å²) in [4.78, 5) is 18.5. The van der Waals surface area contributed by atoms with Gasteiger partial charge in [-0.2, -0.15) is 0 Å². The topological polar surface area (TPSA) is 67.0 Å². The molecule has 0 fully saturated rings. The Labute approximate surface area is 108 Å². The number of hydrogen-bond acceptors (Lipinski definition) is 4. The summed E-state index contributed by atoms with van der Waals surface area (Å²) in [5, 5.41) is 3.30. The minimum atomic E-state index is -0.134. The Balaban J connectivity index is 2.65. The lowest BCUT2D eigenvalue weighted by Crippen LogP contribution is -2.35. The van der Waals surface area contributed by atoms with E-state index in [0.29, 0.717) is 25.6 Å². The van der Waals surface area contributed by atoms with Crippen molar-refractivity contribution in [2.45, 2.75) is 52.8 Å².